The fraction of sp³-hybridized carbons (Fsp3) is 0.746. The summed E-state index contributed by atoms with van der Waals surface area (Å²) >= 11 is 0. The van der Waals surface area contributed by atoms with Gasteiger partial charge < -0.3 is 14.2 Å². The number of ether oxygens (including phenoxy) is 3. The molecule has 0 rings (SSSR count). The maximum absolute atomic E-state index is 12.8. The largest absolute Gasteiger partial charge is 0.462 e. The van der Waals surface area contributed by atoms with Crippen molar-refractivity contribution in [3.8, 4) is 0 Å². The highest BCUT2D eigenvalue weighted by Crippen LogP contribution is 2.14. The maximum atomic E-state index is 12.8. The number of carbonyl (C=O) groups excluding carboxylic acids is 3. The minimum absolute atomic E-state index is 0.0851. The van der Waals surface area contributed by atoms with Crippen LogP contribution >= 0.6 is 0 Å². The third-order valence-electron chi connectivity index (χ3n) is 11.7. The topological polar surface area (TPSA) is 78.9 Å². The van der Waals surface area contributed by atoms with Gasteiger partial charge in [-0.25, -0.2) is 0 Å². The molecular formula is C59H102O6. The average Bonchev–Trinajstić information content (AvgIpc) is 3.30. The Morgan fingerprint density at radius 1 is 0.323 bits per heavy atom. The fourth-order valence-electron chi connectivity index (χ4n) is 7.54. The number of allylic oxidation sites excluding steroid dienone is 12. The summed E-state index contributed by atoms with van der Waals surface area (Å²) in [5, 5.41) is 0. The van der Waals surface area contributed by atoms with Gasteiger partial charge in [-0.3, -0.25) is 14.4 Å². The predicted octanol–water partition coefficient (Wildman–Crippen LogP) is 18.2. The van der Waals surface area contributed by atoms with Crippen molar-refractivity contribution >= 4 is 17.9 Å². The van der Waals surface area contributed by atoms with Crippen LogP contribution in [-0.2, 0) is 28.6 Å². The first-order valence-corrected chi connectivity index (χ1v) is 27.4. The van der Waals surface area contributed by atoms with E-state index in [0.29, 0.717) is 19.3 Å². The minimum Gasteiger partial charge on any atom is -0.462 e. The standard InChI is InChI=1S/C59H102O6/c1-4-7-10-13-16-19-22-25-26-27-28-29-30-31-32-35-37-40-43-46-49-52-58(61)64-55-56(65-59(62)53-50-47-44-41-38-34-24-21-18-15-12-9-6-3)54-63-57(60)51-48-45-42-39-36-33-23-20-17-14-11-8-5-2/h7,10,16,19-21,23-26,28-29,56H,4-6,8-9,11-15,17-18,22,27,30-55H2,1-3H3/b10-7-,19-16-,23-20-,24-21-,26-25-,29-28-. The van der Waals surface area contributed by atoms with E-state index >= 15 is 0 Å². The van der Waals surface area contributed by atoms with Crippen LogP contribution in [0.1, 0.15) is 265 Å². The van der Waals surface area contributed by atoms with Gasteiger partial charge in [0.05, 0.1) is 0 Å². The summed E-state index contributed by atoms with van der Waals surface area (Å²) in [6, 6.07) is 0. The molecule has 6 nitrogen and oxygen atoms in total. The van der Waals surface area contributed by atoms with Crippen molar-refractivity contribution in [2.45, 2.75) is 271 Å². The van der Waals surface area contributed by atoms with Crippen LogP contribution < -0.4 is 0 Å². The molecule has 0 aliphatic carbocycles. The van der Waals surface area contributed by atoms with Crippen molar-refractivity contribution in [2.24, 2.45) is 0 Å². The van der Waals surface area contributed by atoms with Crippen LogP contribution in [0.15, 0.2) is 72.9 Å². The molecule has 0 fully saturated rings. The smallest absolute Gasteiger partial charge is 0.306 e. The predicted molar refractivity (Wildman–Crippen MR) is 279 cm³/mol. The van der Waals surface area contributed by atoms with Gasteiger partial charge in [-0.2, -0.15) is 0 Å². The van der Waals surface area contributed by atoms with Gasteiger partial charge in [-0.05, 0) is 109 Å². The summed E-state index contributed by atoms with van der Waals surface area (Å²) in [5.41, 5.74) is 0. The summed E-state index contributed by atoms with van der Waals surface area (Å²) in [5.74, 6) is -0.906. The molecule has 0 heterocycles. The quantitative estimate of drug-likeness (QED) is 0.0262. The van der Waals surface area contributed by atoms with Gasteiger partial charge in [0.25, 0.3) is 0 Å². The first-order chi connectivity index (χ1) is 32.0. The Hall–Kier alpha value is -3.15. The second-order valence-corrected chi connectivity index (χ2v) is 18.1. The number of hydrogen-bond acceptors (Lipinski definition) is 6. The maximum Gasteiger partial charge on any atom is 0.306 e. The summed E-state index contributed by atoms with van der Waals surface area (Å²) in [7, 11) is 0. The Balaban J connectivity index is 4.36. The van der Waals surface area contributed by atoms with E-state index in [0.717, 1.165) is 109 Å². The molecule has 65 heavy (non-hydrogen) atoms. The SMILES string of the molecule is CC/C=C\C/C=C\C/C=C\C/C=C\CCCCCCCCCCC(=O)OCC(COC(=O)CCCCCCC/C=C\CCCCCC)OC(=O)CCCCCCC/C=C\CCCCCC. The van der Waals surface area contributed by atoms with E-state index in [1.807, 2.05) is 0 Å². The van der Waals surface area contributed by atoms with E-state index in [1.54, 1.807) is 0 Å². The van der Waals surface area contributed by atoms with E-state index < -0.39 is 6.10 Å². The molecule has 0 aromatic heterocycles. The highest BCUT2D eigenvalue weighted by molar-refractivity contribution is 5.71. The minimum atomic E-state index is -0.785. The lowest BCUT2D eigenvalue weighted by Gasteiger charge is -2.18. The third kappa shape index (κ3) is 51.7. The number of rotatable bonds is 49. The molecule has 1 unspecified atom stereocenters. The van der Waals surface area contributed by atoms with Crippen LogP contribution in [0.5, 0.6) is 0 Å². The second-order valence-electron chi connectivity index (χ2n) is 18.1. The first kappa shape index (κ1) is 61.9. The van der Waals surface area contributed by atoms with Crippen molar-refractivity contribution < 1.29 is 28.6 Å². The Morgan fingerprint density at radius 2 is 0.600 bits per heavy atom. The second kappa shape index (κ2) is 53.5. The van der Waals surface area contributed by atoms with Crippen LogP contribution in [0, 0.1) is 0 Å². The van der Waals surface area contributed by atoms with Crippen molar-refractivity contribution in [2.75, 3.05) is 13.2 Å². The van der Waals surface area contributed by atoms with Gasteiger partial charge in [0, 0.05) is 19.3 Å². The van der Waals surface area contributed by atoms with Crippen LogP contribution in [-0.4, -0.2) is 37.2 Å². The zero-order valence-corrected chi connectivity index (χ0v) is 42.7. The normalized spacial score (nSPS) is 12.6. The van der Waals surface area contributed by atoms with Gasteiger partial charge >= 0.3 is 17.9 Å². The molecule has 374 valence electrons. The molecule has 1 atom stereocenters. The Morgan fingerprint density at radius 3 is 0.954 bits per heavy atom. The van der Waals surface area contributed by atoms with Crippen LogP contribution in [0.4, 0.5) is 0 Å². The lowest BCUT2D eigenvalue weighted by Crippen LogP contribution is -2.30. The van der Waals surface area contributed by atoms with Gasteiger partial charge in [-0.15, -0.1) is 0 Å². The van der Waals surface area contributed by atoms with Crippen molar-refractivity contribution in [3.63, 3.8) is 0 Å². The summed E-state index contributed by atoms with van der Waals surface area (Å²) in [6.45, 7) is 6.48. The molecule has 0 aliphatic rings. The Kier molecular flexibility index (Phi) is 50.9. The molecule has 6 heteroatoms. The number of esters is 3. The molecule has 0 aliphatic heterocycles. The molecule has 0 N–H and O–H groups in total. The van der Waals surface area contributed by atoms with Crippen LogP contribution in [0.3, 0.4) is 0 Å². The zero-order valence-electron chi connectivity index (χ0n) is 42.7. The van der Waals surface area contributed by atoms with Gasteiger partial charge in [0.2, 0.25) is 0 Å². The number of carbonyl (C=O) groups is 3. The molecule has 0 aromatic rings. The lowest BCUT2D eigenvalue weighted by molar-refractivity contribution is -0.167. The monoisotopic (exact) mass is 907 g/mol. The van der Waals surface area contributed by atoms with Crippen LogP contribution in [0.25, 0.3) is 0 Å². The van der Waals surface area contributed by atoms with Gasteiger partial charge in [0.15, 0.2) is 6.10 Å². The molecular weight excluding hydrogens is 805 g/mol. The van der Waals surface area contributed by atoms with Gasteiger partial charge in [0.1, 0.15) is 13.2 Å². The fourth-order valence-corrected chi connectivity index (χ4v) is 7.54. The summed E-state index contributed by atoms with van der Waals surface area (Å²) in [6.07, 6.45) is 67.4. The van der Waals surface area contributed by atoms with Crippen LogP contribution in [0.2, 0.25) is 0 Å². The molecule has 0 aromatic carbocycles. The van der Waals surface area contributed by atoms with E-state index in [-0.39, 0.29) is 31.1 Å². The molecule has 0 amide bonds. The summed E-state index contributed by atoms with van der Waals surface area (Å²) in [4.78, 5) is 38.0. The Labute approximate surface area is 402 Å². The molecule has 0 radical (unpaired) electrons. The Bertz CT molecular complexity index is 1230. The highest BCUT2D eigenvalue weighted by atomic mass is 16.6. The van der Waals surface area contributed by atoms with E-state index in [4.69, 9.17) is 14.2 Å². The number of hydrogen-bond donors (Lipinski definition) is 0. The molecule has 0 spiro atoms. The molecule has 0 bridgehead atoms. The lowest BCUT2D eigenvalue weighted by atomic mass is 10.1. The molecule has 0 saturated carbocycles. The zero-order chi connectivity index (χ0) is 47.2. The van der Waals surface area contributed by atoms with E-state index in [1.165, 1.54) is 116 Å². The van der Waals surface area contributed by atoms with E-state index in [2.05, 4.69) is 93.7 Å². The third-order valence-corrected chi connectivity index (χ3v) is 11.7. The van der Waals surface area contributed by atoms with E-state index in [9.17, 15) is 14.4 Å². The first-order valence-electron chi connectivity index (χ1n) is 27.4. The average molecular weight is 907 g/mol. The highest BCUT2D eigenvalue weighted by Gasteiger charge is 2.19. The number of unbranched alkanes of at least 4 members (excludes halogenated alkanes) is 26. The van der Waals surface area contributed by atoms with Crippen molar-refractivity contribution in [1.29, 1.82) is 0 Å². The summed E-state index contributed by atoms with van der Waals surface area (Å²) < 4.78 is 16.8. The van der Waals surface area contributed by atoms with Gasteiger partial charge in [-0.1, -0.05) is 209 Å². The molecule has 0 saturated heterocycles. The van der Waals surface area contributed by atoms with Crippen molar-refractivity contribution in [3.05, 3.63) is 72.9 Å². The van der Waals surface area contributed by atoms with Crippen molar-refractivity contribution in [1.82, 2.24) is 0 Å².